The summed E-state index contributed by atoms with van der Waals surface area (Å²) < 4.78 is 18.4. The van der Waals surface area contributed by atoms with Crippen molar-refractivity contribution < 1.29 is 18.7 Å². The quantitative estimate of drug-likeness (QED) is 0.590. The fourth-order valence-corrected chi connectivity index (χ4v) is 1.89. The Bertz CT molecular complexity index is 761. The van der Waals surface area contributed by atoms with Crippen LogP contribution in [0.2, 0.25) is 0 Å². The molecule has 0 saturated carbocycles. The number of aromatic nitrogens is 1. The number of nitrogens with one attached hydrogen (secondary N) is 3. The molecule has 0 aliphatic carbocycles. The first kappa shape index (κ1) is 16.6. The molecule has 8 heteroatoms. The van der Waals surface area contributed by atoms with E-state index in [1.54, 1.807) is 12.3 Å². The fourth-order valence-electron chi connectivity index (χ4n) is 1.66. The second-order valence-corrected chi connectivity index (χ2v) is 4.98. The largest absolute Gasteiger partial charge is 0.481 e. The number of H-pyrrole nitrogens is 1. The molecule has 0 aliphatic rings. The van der Waals surface area contributed by atoms with Crippen molar-refractivity contribution in [3.63, 3.8) is 0 Å². The van der Waals surface area contributed by atoms with Crippen LogP contribution in [0.1, 0.15) is 17.3 Å². The molecule has 2 amide bonds. The number of aromatic amines is 1. The van der Waals surface area contributed by atoms with E-state index in [0.29, 0.717) is 5.75 Å². The number of benzene rings is 1. The van der Waals surface area contributed by atoms with Crippen LogP contribution < -0.4 is 15.6 Å². The van der Waals surface area contributed by atoms with Crippen molar-refractivity contribution in [3.05, 3.63) is 58.6 Å². The lowest BCUT2D eigenvalue weighted by molar-refractivity contribution is -0.128. The molecule has 6 nitrogen and oxygen atoms in total. The predicted octanol–water partition coefficient (Wildman–Crippen LogP) is 2.11. The maximum atomic E-state index is 12.8. The number of pyridine rings is 1. The fraction of sp³-hybridized carbons (Fsp3) is 0.133. The molecule has 0 spiro atoms. The molecule has 120 valence electrons. The standard InChI is InChI=1S/C15H14FN3O3S/c1-9(22-11-6-4-10(16)5-7-11)13(20)18-19-14(21)12-3-2-8-17-15(12)23/h2-9H,1H3,(H,17,23)(H,18,20)(H,19,21). The minimum atomic E-state index is -0.883. The number of halogens is 1. The molecule has 2 aromatic rings. The van der Waals surface area contributed by atoms with Crippen molar-refractivity contribution in [1.29, 1.82) is 0 Å². The zero-order valence-electron chi connectivity index (χ0n) is 12.1. The van der Waals surface area contributed by atoms with E-state index in [9.17, 15) is 14.0 Å². The highest BCUT2D eigenvalue weighted by Gasteiger charge is 2.16. The summed E-state index contributed by atoms with van der Waals surface area (Å²) in [7, 11) is 0. The van der Waals surface area contributed by atoms with Gasteiger partial charge in [-0.1, -0.05) is 12.2 Å². The second-order valence-electron chi connectivity index (χ2n) is 4.57. The summed E-state index contributed by atoms with van der Waals surface area (Å²) in [5, 5.41) is 0. The Hall–Kier alpha value is -2.74. The van der Waals surface area contributed by atoms with Crippen molar-refractivity contribution in [3.8, 4) is 5.75 Å². The van der Waals surface area contributed by atoms with Crippen LogP contribution in [-0.2, 0) is 4.79 Å². The van der Waals surface area contributed by atoms with E-state index in [2.05, 4.69) is 15.8 Å². The number of carbonyl (C=O) groups excluding carboxylic acids is 2. The van der Waals surface area contributed by atoms with Crippen LogP contribution in [0, 0.1) is 10.5 Å². The van der Waals surface area contributed by atoms with Gasteiger partial charge in [0.15, 0.2) is 6.10 Å². The molecule has 0 fully saturated rings. The van der Waals surface area contributed by atoms with Crippen LogP contribution >= 0.6 is 12.2 Å². The lowest BCUT2D eigenvalue weighted by Crippen LogP contribution is -2.47. The highest BCUT2D eigenvalue weighted by Crippen LogP contribution is 2.12. The molecule has 2 rings (SSSR count). The average Bonchev–Trinajstić information content (AvgIpc) is 2.54. The number of hydrogen-bond acceptors (Lipinski definition) is 4. The summed E-state index contributed by atoms with van der Waals surface area (Å²) in [4.78, 5) is 26.5. The van der Waals surface area contributed by atoms with Crippen LogP contribution in [0.5, 0.6) is 5.75 Å². The van der Waals surface area contributed by atoms with Crippen molar-refractivity contribution in [2.45, 2.75) is 13.0 Å². The van der Waals surface area contributed by atoms with Crippen LogP contribution in [0.4, 0.5) is 4.39 Å². The number of hydrazine groups is 1. The Morgan fingerprint density at radius 1 is 1.22 bits per heavy atom. The van der Waals surface area contributed by atoms with E-state index >= 15 is 0 Å². The van der Waals surface area contributed by atoms with E-state index in [4.69, 9.17) is 17.0 Å². The molecule has 23 heavy (non-hydrogen) atoms. The van der Waals surface area contributed by atoms with Crippen molar-refractivity contribution >= 4 is 24.0 Å². The molecular formula is C15H14FN3O3S. The van der Waals surface area contributed by atoms with E-state index in [0.717, 1.165) is 0 Å². The highest BCUT2D eigenvalue weighted by atomic mass is 32.1. The van der Waals surface area contributed by atoms with Crippen LogP contribution in [-0.4, -0.2) is 22.9 Å². The van der Waals surface area contributed by atoms with Crippen LogP contribution in [0.15, 0.2) is 42.6 Å². The van der Waals surface area contributed by atoms with Gasteiger partial charge in [-0.05, 0) is 43.3 Å². The average molecular weight is 335 g/mol. The van der Waals surface area contributed by atoms with Gasteiger partial charge in [-0.3, -0.25) is 20.4 Å². The molecule has 1 aromatic heterocycles. The number of hydrogen-bond donors (Lipinski definition) is 3. The molecule has 3 N–H and O–H groups in total. The monoisotopic (exact) mass is 335 g/mol. The molecule has 1 unspecified atom stereocenters. The molecule has 0 radical (unpaired) electrons. The molecule has 1 atom stereocenters. The van der Waals surface area contributed by atoms with Gasteiger partial charge in [-0.15, -0.1) is 0 Å². The third-order valence-corrected chi connectivity index (χ3v) is 3.20. The van der Waals surface area contributed by atoms with Crippen LogP contribution in [0.25, 0.3) is 0 Å². The van der Waals surface area contributed by atoms with Gasteiger partial charge in [0.2, 0.25) is 0 Å². The van der Waals surface area contributed by atoms with Gasteiger partial charge in [0.25, 0.3) is 11.8 Å². The zero-order valence-corrected chi connectivity index (χ0v) is 12.9. The van der Waals surface area contributed by atoms with Gasteiger partial charge in [0.05, 0.1) is 5.56 Å². The first-order valence-electron chi connectivity index (χ1n) is 6.67. The van der Waals surface area contributed by atoms with Gasteiger partial charge in [0.1, 0.15) is 16.2 Å². The topological polar surface area (TPSA) is 83.2 Å². The summed E-state index contributed by atoms with van der Waals surface area (Å²) in [6.45, 7) is 1.50. The smallest absolute Gasteiger partial charge is 0.279 e. The summed E-state index contributed by atoms with van der Waals surface area (Å²) >= 11 is 4.97. The normalized spacial score (nSPS) is 11.4. The van der Waals surface area contributed by atoms with Crippen molar-refractivity contribution in [2.24, 2.45) is 0 Å². The van der Waals surface area contributed by atoms with Crippen molar-refractivity contribution in [2.75, 3.05) is 0 Å². The second kappa shape index (κ2) is 7.50. The maximum absolute atomic E-state index is 12.8. The first-order valence-corrected chi connectivity index (χ1v) is 7.08. The third kappa shape index (κ3) is 4.62. The Kier molecular flexibility index (Phi) is 5.42. The molecular weight excluding hydrogens is 321 g/mol. The van der Waals surface area contributed by atoms with Crippen molar-refractivity contribution in [1.82, 2.24) is 15.8 Å². The Morgan fingerprint density at radius 3 is 2.57 bits per heavy atom. The number of amides is 2. The van der Waals surface area contributed by atoms with E-state index in [-0.39, 0.29) is 10.2 Å². The minimum Gasteiger partial charge on any atom is -0.481 e. The maximum Gasteiger partial charge on any atom is 0.279 e. The zero-order chi connectivity index (χ0) is 16.8. The van der Waals surface area contributed by atoms with Gasteiger partial charge in [-0.2, -0.15) is 0 Å². The summed E-state index contributed by atoms with van der Waals surface area (Å²) in [6.07, 6.45) is 0.710. The van der Waals surface area contributed by atoms with Crippen LogP contribution in [0.3, 0.4) is 0 Å². The molecule has 0 bridgehead atoms. The molecule has 1 aromatic carbocycles. The number of ether oxygens (including phenoxy) is 1. The predicted molar refractivity (Wildman–Crippen MR) is 83.7 cm³/mol. The Balaban J connectivity index is 1.89. The van der Waals surface area contributed by atoms with E-state index in [1.165, 1.54) is 37.3 Å². The highest BCUT2D eigenvalue weighted by molar-refractivity contribution is 7.71. The Labute approximate surface area is 136 Å². The van der Waals surface area contributed by atoms with E-state index < -0.39 is 23.7 Å². The van der Waals surface area contributed by atoms with Gasteiger partial charge < -0.3 is 9.72 Å². The SMILES string of the molecule is CC(Oc1ccc(F)cc1)C(=O)NNC(=O)c1ccc[nH]c1=S. The lowest BCUT2D eigenvalue weighted by Gasteiger charge is -2.15. The number of carbonyl (C=O) groups is 2. The summed E-state index contributed by atoms with van der Waals surface area (Å²) in [6, 6.07) is 8.39. The minimum absolute atomic E-state index is 0.231. The van der Waals surface area contributed by atoms with E-state index in [1.807, 2.05) is 0 Å². The van der Waals surface area contributed by atoms with Gasteiger partial charge >= 0.3 is 0 Å². The summed E-state index contributed by atoms with van der Waals surface area (Å²) in [5.41, 5.74) is 4.72. The van der Waals surface area contributed by atoms with Gasteiger partial charge in [0, 0.05) is 6.20 Å². The Morgan fingerprint density at radius 2 is 1.91 bits per heavy atom. The van der Waals surface area contributed by atoms with Gasteiger partial charge in [-0.25, -0.2) is 4.39 Å². The molecule has 0 aliphatic heterocycles. The number of rotatable bonds is 4. The first-order chi connectivity index (χ1) is 11.0. The third-order valence-electron chi connectivity index (χ3n) is 2.86. The molecule has 0 saturated heterocycles. The summed E-state index contributed by atoms with van der Waals surface area (Å²) in [5.74, 6) is -1.17. The molecule has 1 heterocycles. The lowest BCUT2D eigenvalue weighted by atomic mass is 10.3.